The van der Waals surface area contributed by atoms with E-state index >= 15 is 0 Å². The van der Waals surface area contributed by atoms with Gasteiger partial charge in [0, 0.05) is 50.8 Å². The summed E-state index contributed by atoms with van der Waals surface area (Å²) in [6.07, 6.45) is 7.00. The third-order valence-electron chi connectivity index (χ3n) is 5.00. The van der Waals surface area contributed by atoms with E-state index in [9.17, 15) is 0 Å². The number of hydrogen-bond donors (Lipinski definition) is 2. The van der Waals surface area contributed by atoms with Crippen LogP contribution in [0.5, 0.6) is 0 Å². The van der Waals surface area contributed by atoms with E-state index in [0.717, 1.165) is 44.9 Å². The Labute approximate surface area is 156 Å². The van der Waals surface area contributed by atoms with Gasteiger partial charge in [-0.3, -0.25) is 9.98 Å². The molecule has 0 spiro atoms. The minimum atomic E-state index is 0.476. The second-order valence-electron chi connectivity index (χ2n) is 6.79. The molecule has 1 fully saturated rings. The minimum Gasteiger partial charge on any atom is -0.371 e. The summed E-state index contributed by atoms with van der Waals surface area (Å²) in [5, 5.41) is 7.02. The molecule has 5 nitrogen and oxygen atoms in total. The Kier molecular flexibility index (Phi) is 6.47. The number of guanidine groups is 1. The number of anilines is 1. The molecule has 1 aliphatic heterocycles. The zero-order chi connectivity index (χ0) is 18.2. The van der Waals surface area contributed by atoms with Gasteiger partial charge >= 0.3 is 0 Å². The van der Waals surface area contributed by atoms with Gasteiger partial charge in [0.1, 0.15) is 0 Å². The van der Waals surface area contributed by atoms with Crippen molar-refractivity contribution < 1.29 is 0 Å². The molecule has 1 saturated heterocycles. The van der Waals surface area contributed by atoms with Crippen LogP contribution in [0.15, 0.2) is 53.8 Å². The van der Waals surface area contributed by atoms with E-state index in [-0.39, 0.29) is 0 Å². The van der Waals surface area contributed by atoms with E-state index in [4.69, 9.17) is 0 Å². The van der Waals surface area contributed by atoms with Crippen LogP contribution in [0.1, 0.15) is 24.0 Å². The maximum atomic E-state index is 4.38. The van der Waals surface area contributed by atoms with Crippen LogP contribution in [0.3, 0.4) is 0 Å². The van der Waals surface area contributed by atoms with Gasteiger partial charge < -0.3 is 15.5 Å². The fourth-order valence-electron chi connectivity index (χ4n) is 3.41. The standard InChI is InChI=1S/C21H29N5/c1-17-16-23-12-8-18(17)9-13-24-21(22-2)25-19-10-14-26(15-11-19)20-6-4-3-5-7-20/h3-8,12,16,19H,9-11,13-15H2,1-2H3,(H2,22,24,25). The van der Waals surface area contributed by atoms with E-state index in [1.165, 1.54) is 16.8 Å². The Hall–Kier alpha value is -2.56. The number of aliphatic imine (C=N–C) groups is 1. The lowest BCUT2D eigenvalue weighted by molar-refractivity contribution is 0.461. The summed E-state index contributed by atoms with van der Waals surface area (Å²) in [6, 6.07) is 13.2. The number of nitrogens with zero attached hydrogens (tertiary/aromatic N) is 3. The summed E-state index contributed by atoms with van der Waals surface area (Å²) in [6.45, 7) is 5.13. The van der Waals surface area contributed by atoms with Crippen LogP contribution in [0.4, 0.5) is 5.69 Å². The Balaban J connectivity index is 1.42. The second kappa shape index (κ2) is 9.22. The van der Waals surface area contributed by atoms with Crippen LogP contribution in [-0.2, 0) is 6.42 Å². The zero-order valence-electron chi connectivity index (χ0n) is 15.8. The highest BCUT2D eigenvalue weighted by Crippen LogP contribution is 2.19. The molecular formula is C21H29N5. The molecular weight excluding hydrogens is 322 g/mol. The molecule has 26 heavy (non-hydrogen) atoms. The summed E-state index contributed by atoms with van der Waals surface area (Å²) in [4.78, 5) is 11.0. The van der Waals surface area contributed by atoms with Gasteiger partial charge in [-0.05, 0) is 55.5 Å². The first kappa shape index (κ1) is 18.2. The number of para-hydroxylation sites is 1. The first-order chi connectivity index (χ1) is 12.8. The van der Waals surface area contributed by atoms with Gasteiger partial charge in [-0.15, -0.1) is 0 Å². The van der Waals surface area contributed by atoms with Crippen molar-refractivity contribution >= 4 is 11.6 Å². The molecule has 2 N–H and O–H groups in total. The molecule has 138 valence electrons. The highest BCUT2D eigenvalue weighted by molar-refractivity contribution is 5.80. The molecule has 5 heteroatoms. The lowest BCUT2D eigenvalue weighted by atomic mass is 10.0. The van der Waals surface area contributed by atoms with E-state index in [0.29, 0.717) is 6.04 Å². The van der Waals surface area contributed by atoms with Crippen molar-refractivity contribution in [2.75, 3.05) is 31.6 Å². The normalized spacial score (nSPS) is 15.8. The van der Waals surface area contributed by atoms with Gasteiger partial charge in [0.25, 0.3) is 0 Å². The molecule has 0 radical (unpaired) electrons. The highest BCUT2D eigenvalue weighted by atomic mass is 15.2. The number of aryl methyl sites for hydroxylation is 1. The predicted octanol–water partition coefficient (Wildman–Crippen LogP) is 2.77. The van der Waals surface area contributed by atoms with Crippen LogP contribution >= 0.6 is 0 Å². The number of hydrogen-bond acceptors (Lipinski definition) is 3. The average molecular weight is 351 g/mol. The third kappa shape index (κ3) is 4.97. The maximum absolute atomic E-state index is 4.38. The van der Waals surface area contributed by atoms with Crippen molar-refractivity contribution in [1.82, 2.24) is 15.6 Å². The molecule has 3 rings (SSSR count). The molecule has 0 aliphatic carbocycles. The Morgan fingerprint density at radius 1 is 1.19 bits per heavy atom. The largest absolute Gasteiger partial charge is 0.371 e. The number of benzene rings is 1. The van der Waals surface area contributed by atoms with Crippen LogP contribution in [0, 0.1) is 6.92 Å². The quantitative estimate of drug-likeness (QED) is 0.642. The van der Waals surface area contributed by atoms with E-state index in [2.05, 4.69) is 68.8 Å². The minimum absolute atomic E-state index is 0.476. The number of rotatable bonds is 5. The van der Waals surface area contributed by atoms with Crippen molar-refractivity contribution in [2.24, 2.45) is 4.99 Å². The number of pyridine rings is 1. The molecule has 0 saturated carbocycles. The third-order valence-corrected chi connectivity index (χ3v) is 5.00. The van der Waals surface area contributed by atoms with Gasteiger partial charge in [0.2, 0.25) is 0 Å². The molecule has 2 heterocycles. The first-order valence-electron chi connectivity index (χ1n) is 9.43. The fourth-order valence-corrected chi connectivity index (χ4v) is 3.41. The van der Waals surface area contributed by atoms with Crippen molar-refractivity contribution in [3.63, 3.8) is 0 Å². The van der Waals surface area contributed by atoms with Crippen LogP contribution in [-0.4, -0.2) is 43.7 Å². The first-order valence-corrected chi connectivity index (χ1v) is 9.43. The molecule has 0 unspecified atom stereocenters. The molecule has 0 atom stereocenters. The average Bonchev–Trinajstić information content (AvgIpc) is 2.70. The lowest BCUT2D eigenvalue weighted by Gasteiger charge is -2.34. The number of aromatic nitrogens is 1. The lowest BCUT2D eigenvalue weighted by Crippen LogP contribution is -2.49. The van der Waals surface area contributed by atoms with Crippen molar-refractivity contribution in [2.45, 2.75) is 32.2 Å². The summed E-state index contributed by atoms with van der Waals surface area (Å²) >= 11 is 0. The second-order valence-corrected chi connectivity index (χ2v) is 6.79. The Bertz CT molecular complexity index is 705. The van der Waals surface area contributed by atoms with Crippen LogP contribution < -0.4 is 15.5 Å². The number of piperidine rings is 1. The Morgan fingerprint density at radius 3 is 2.65 bits per heavy atom. The summed E-state index contributed by atoms with van der Waals surface area (Å²) in [7, 11) is 1.84. The van der Waals surface area contributed by atoms with E-state index in [1.807, 2.05) is 19.4 Å². The van der Waals surface area contributed by atoms with Crippen molar-refractivity contribution in [3.05, 3.63) is 59.9 Å². The summed E-state index contributed by atoms with van der Waals surface area (Å²) in [5.74, 6) is 0.898. The van der Waals surface area contributed by atoms with Gasteiger partial charge in [0.15, 0.2) is 5.96 Å². The monoisotopic (exact) mass is 351 g/mol. The topological polar surface area (TPSA) is 52.6 Å². The molecule has 1 aromatic heterocycles. The van der Waals surface area contributed by atoms with Crippen molar-refractivity contribution in [3.8, 4) is 0 Å². The van der Waals surface area contributed by atoms with Gasteiger partial charge in [-0.25, -0.2) is 0 Å². The fraction of sp³-hybridized carbons (Fsp3) is 0.429. The SMILES string of the molecule is CN=C(NCCc1ccncc1C)NC1CCN(c2ccccc2)CC1. The molecule has 1 aromatic carbocycles. The summed E-state index contributed by atoms with van der Waals surface area (Å²) < 4.78 is 0. The number of nitrogens with one attached hydrogen (secondary N) is 2. The zero-order valence-corrected chi connectivity index (χ0v) is 15.8. The van der Waals surface area contributed by atoms with Crippen molar-refractivity contribution in [1.29, 1.82) is 0 Å². The van der Waals surface area contributed by atoms with Gasteiger partial charge in [-0.1, -0.05) is 18.2 Å². The predicted molar refractivity (Wildman–Crippen MR) is 109 cm³/mol. The van der Waals surface area contributed by atoms with E-state index < -0.39 is 0 Å². The molecule has 0 amide bonds. The van der Waals surface area contributed by atoms with Gasteiger partial charge in [-0.2, -0.15) is 0 Å². The molecule has 2 aromatic rings. The van der Waals surface area contributed by atoms with E-state index in [1.54, 1.807) is 0 Å². The smallest absolute Gasteiger partial charge is 0.191 e. The maximum Gasteiger partial charge on any atom is 0.191 e. The molecule has 1 aliphatic rings. The summed E-state index contributed by atoms with van der Waals surface area (Å²) in [5.41, 5.74) is 3.89. The Morgan fingerprint density at radius 2 is 1.96 bits per heavy atom. The van der Waals surface area contributed by atoms with Crippen LogP contribution in [0.25, 0.3) is 0 Å². The highest BCUT2D eigenvalue weighted by Gasteiger charge is 2.20. The molecule has 0 bridgehead atoms. The van der Waals surface area contributed by atoms with Gasteiger partial charge in [0.05, 0.1) is 0 Å². The van der Waals surface area contributed by atoms with Crippen LogP contribution in [0.2, 0.25) is 0 Å².